The Bertz CT molecular complexity index is 565. The Morgan fingerprint density at radius 1 is 1.26 bits per heavy atom. The normalized spacial score (nSPS) is 12.2. The lowest BCUT2D eigenvalue weighted by Gasteiger charge is -2.16. The summed E-state index contributed by atoms with van der Waals surface area (Å²) in [5, 5.41) is 12.1. The highest BCUT2D eigenvalue weighted by molar-refractivity contribution is 6.30. The first-order valence-corrected chi connectivity index (χ1v) is 5.78. The van der Waals surface area contributed by atoms with Crippen LogP contribution in [0.2, 0.25) is 5.02 Å². The Morgan fingerprint density at radius 3 is 2.53 bits per heavy atom. The zero-order valence-corrected chi connectivity index (χ0v) is 10.4. The Balaban J connectivity index is 2.19. The van der Waals surface area contributed by atoms with Crippen molar-refractivity contribution in [3.8, 4) is 0 Å². The van der Waals surface area contributed by atoms with Crippen LogP contribution in [0.5, 0.6) is 0 Å². The Labute approximate surface area is 113 Å². The number of aliphatic hydroxyl groups is 1. The van der Waals surface area contributed by atoms with Gasteiger partial charge in [-0.2, -0.15) is 0 Å². The smallest absolute Gasteiger partial charge is 0.223 e. The molecule has 100 valence electrons. The molecule has 0 fully saturated rings. The number of aromatic nitrogens is 2. The van der Waals surface area contributed by atoms with Crippen LogP contribution in [-0.4, -0.2) is 21.7 Å². The van der Waals surface area contributed by atoms with Crippen molar-refractivity contribution >= 4 is 17.5 Å². The number of halogens is 3. The third-order valence-electron chi connectivity index (χ3n) is 2.45. The highest BCUT2D eigenvalue weighted by Crippen LogP contribution is 2.22. The van der Waals surface area contributed by atoms with Gasteiger partial charge in [0.15, 0.2) is 5.82 Å². The predicted molar refractivity (Wildman–Crippen MR) is 66.8 cm³/mol. The van der Waals surface area contributed by atoms with Gasteiger partial charge in [-0.25, -0.2) is 18.7 Å². The maximum Gasteiger partial charge on any atom is 0.223 e. The van der Waals surface area contributed by atoms with Crippen LogP contribution in [0.15, 0.2) is 30.6 Å². The van der Waals surface area contributed by atoms with E-state index in [4.69, 9.17) is 11.6 Å². The Hall–Kier alpha value is -1.79. The van der Waals surface area contributed by atoms with Crippen LogP contribution in [0.25, 0.3) is 0 Å². The number of nitrogens with one attached hydrogen (secondary N) is 1. The summed E-state index contributed by atoms with van der Waals surface area (Å²) in [4.78, 5) is 7.41. The maximum absolute atomic E-state index is 13.3. The van der Waals surface area contributed by atoms with Crippen molar-refractivity contribution in [2.45, 2.75) is 6.04 Å². The van der Waals surface area contributed by atoms with Crippen LogP contribution in [-0.2, 0) is 0 Å². The fourth-order valence-electron chi connectivity index (χ4n) is 1.51. The van der Waals surface area contributed by atoms with Gasteiger partial charge >= 0.3 is 0 Å². The molecule has 4 nitrogen and oxygen atoms in total. The summed E-state index contributed by atoms with van der Waals surface area (Å²) in [6.07, 6.45) is 1.98. The second kappa shape index (κ2) is 5.90. The number of hydrogen-bond donors (Lipinski definition) is 2. The first kappa shape index (κ1) is 13.6. The zero-order valence-electron chi connectivity index (χ0n) is 9.65. The number of benzene rings is 1. The molecule has 2 rings (SSSR count). The van der Waals surface area contributed by atoms with Crippen molar-refractivity contribution < 1.29 is 13.9 Å². The zero-order chi connectivity index (χ0) is 13.8. The van der Waals surface area contributed by atoms with E-state index in [9.17, 15) is 13.9 Å². The minimum atomic E-state index is -0.614. The first-order chi connectivity index (χ1) is 9.10. The van der Waals surface area contributed by atoms with Crippen LogP contribution < -0.4 is 5.32 Å². The van der Waals surface area contributed by atoms with Gasteiger partial charge in [0.25, 0.3) is 0 Å². The molecule has 0 amide bonds. The second-order valence-electron chi connectivity index (χ2n) is 3.78. The number of nitrogens with zero attached hydrogens (tertiary/aromatic N) is 2. The van der Waals surface area contributed by atoms with E-state index in [0.29, 0.717) is 5.56 Å². The summed E-state index contributed by atoms with van der Waals surface area (Å²) in [5.41, 5.74) is 0.484. The molecule has 0 spiro atoms. The lowest BCUT2D eigenvalue weighted by atomic mass is 10.1. The summed E-state index contributed by atoms with van der Waals surface area (Å²) in [6.45, 7) is -0.304. The average Bonchev–Trinajstić information content (AvgIpc) is 2.41. The predicted octanol–water partition coefficient (Wildman–Crippen LogP) is 2.55. The van der Waals surface area contributed by atoms with Crippen LogP contribution in [0.1, 0.15) is 11.6 Å². The molecule has 1 aromatic heterocycles. The van der Waals surface area contributed by atoms with Gasteiger partial charge in [0.05, 0.1) is 30.1 Å². The molecule has 19 heavy (non-hydrogen) atoms. The van der Waals surface area contributed by atoms with Crippen LogP contribution in [0.4, 0.5) is 14.7 Å². The number of aliphatic hydroxyl groups excluding tert-OH is 1. The highest BCUT2D eigenvalue weighted by Gasteiger charge is 2.13. The van der Waals surface area contributed by atoms with E-state index >= 15 is 0 Å². The van der Waals surface area contributed by atoms with Gasteiger partial charge in [0.2, 0.25) is 5.95 Å². The van der Waals surface area contributed by atoms with E-state index in [0.717, 1.165) is 12.4 Å². The second-order valence-corrected chi connectivity index (χ2v) is 4.19. The van der Waals surface area contributed by atoms with Crippen LogP contribution >= 0.6 is 11.6 Å². The Kier molecular flexibility index (Phi) is 4.24. The molecule has 1 aromatic carbocycles. The molecule has 0 unspecified atom stereocenters. The van der Waals surface area contributed by atoms with Crippen molar-refractivity contribution in [2.24, 2.45) is 0 Å². The van der Waals surface area contributed by atoms with Crippen molar-refractivity contribution in [3.63, 3.8) is 0 Å². The topological polar surface area (TPSA) is 58.0 Å². The summed E-state index contributed by atoms with van der Waals surface area (Å²) < 4.78 is 26.0. The molecule has 0 bridgehead atoms. The van der Waals surface area contributed by atoms with Gasteiger partial charge in [0, 0.05) is 0 Å². The third-order valence-corrected chi connectivity index (χ3v) is 2.76. The average molecular weight is 286 g/mol. The maximum atomic E-state index is 13.3. The minimum absolute atomic E-state index is 0.00141. The van der Waals surface area contributed by atoms with E-state index in [1.165, 1.54) is 12.1 Å². The number of rotatable bonds is 4. The number of hydrogen-bond acceptors (Lipinski definition) is 4. The summed E-state index contributed by atoms with van der Waals surface area (Å²) in [6, 6.07) is 3.56. The monoisotopic (exact) mass is 285 g/mol. The van der Waals surface area contributed by atoms with Gasteiger partial charge in [-0.1, -0.05) is 17.7 Å². The Morgan fingerprint density at radius 2 is 1.95 bits per heavy atom. The number of anilines is 1. The largest absolute Gasteiger partial charge is 0.394 e. The fraction of sp³-hybridized carbons (Fsp3) is 0.167. The van der Waals surface area contributed by atoms with E-state index in [2.05, 4.69) is 15.3 Å². The van der Waals surface area contributed by atoms with Crippen LogP contribution in [0, 0.1) is 11.6 Å². The van der Waals surface area contributed by atoms with E-state index in [-0.39, 0.29) is 17.6 Å². The fourth-order valence-corrected chi connectivity index (χ4v) is 1.62. The van der Waals surface area contributed by atoms with Crippen molar-refractivity contribution in [1.29, 1.82) is 0 Å². The molecule has 2 aromatic rings. The van der Waals surface area contributed by atoms with E-state index in [1.807, 2.05) is 0 Å². The standard InChI is InChI=1S/C12H10ClF2N3O/c13-9-2-1-7(3-10(9)15)11(6-19)18-12-16-4-8(14)5-17-12/h1-5,11,19H,6H2,(H,16,17,18)/t11-/m1/s1. The van der Waals surface area contributed by atoms with E-state index in [1.54, 1.807) is 6.07 Å². The van der Waals surface area contributed by atoms with E-state index < -0.39 is 17.7 Å². The summed E-state index contributed by atoms with van der Waals surface area (Å²) in [5.74, 6) is -1.01. The SMILES string of the molecule is OC[C@@H](Nc1ncc(F)cn1)c1ccc(Cl)c(F)c1. The lowest BCUT2D eigenvalue weighted by Crippen LogP contribution is -2.16. The molecule has 7 heteroatoms. The first-order valence-electron chi connectivity index (χ1n) is 5.40. The van der Waals surface area contributed by atoms with Gasteiger partial charge in [-0.3, -0.25) is 0 Å². The molecule has 0 aliphatic carbocycles. The minimum Gasteiger partial charge on any atom is -0.394 e. The summed E-state index contributed by atoms with van der Waals surface area (Å²) >= 11 is 5.58. The van der Waals surface area contributed by atoms with Crippen molar-refractivity contribution in [2.75, 3.05) is 11.9 Å². The molecule has 0 saturated carbocycles. The molecular weight excluding hydrogens is 276 g/mol. The summed E-state index contributed by atoms with van der Waals surface area (Å²) in [7, 11) is 0. The molecule has 0 saturated heterocycles. The molecular formula is C12H10ClF2N3O. The van der Waals surface area contributed by atoms with Gasteiger partial charge in [-0.15, -0.1) is 0 Å². The van der Waals surface area contributed by atoms with Gasteiger partial charge in [0.1, 0.15) is 5.82 Å². The molecule has 0 aliphatic rings. The van der Waals surface area contributed by atoms with Gasteiger partial charge in [-0.05, 0) is 17.7 Å². The third kappa shape index (κ3) is 3.36. The quantitative estimate of drug-likeness (QED) is 0.906. The molecule has 1 heterocycles. The van der Waals surface area contributed by atoms with Gasteiger partial charge < -0.3 is 10.4 Å². The molecule has 1 atom stereocenters. The lowest BCUT2D eigenvalue weighted by molar-refractivity contribution is 0.275. The van der Waals surface area contributed by atoms with Crippen LogP contribution in [0.3, 0.4) is 0 Å². The van der Waals surface area contributed by atoms with Crippen molar-refractivity contribution in [3.05, 3.63) is 52.8 Å². The molecule has 2 N–H and O–H groups in total. The highest BCUT2D eigenvalue weighted by atomic mass is 35.5. The molecule has 0 radical (unpaired) electrons. The molecule has 0 aliphatic heterocycles. The van der Waals surface area contributed by atoms with Crippen molar-refractivity contribution in [1.82, 2.24) is 9.97 Å².